The van der Waals surface area contributed by atoms with Crippen LogP contribution in [0.3, 0.4) is 0 Å². The molecule has 0 bridgehead atoms. The predicted octanol–water partition coefficient (Wildman–Crippen LogP) is 6.25. The van der Waals surface area contributed by atoms with E-state index in [-0.39, 0.29) is 12.6 Å². The van der Waals surface area contributed by atoms with E-state index in [0.717, 1.165) is 58.5 Å². The van der Waals surface area contributed by atoms with Crippen LogP contribution in [-0.4, -0.2) is 24.2 Å². The number of esters is 1. The summed E-state index contributed by atoms with van der Waals surface area (Å²) >= 11 is 0. The second-order valence-electron chi connectivity index (χ2n) is 8.17. The van der Waals surface area contributed by atoms with E-state index in [1.54, 1.807) is 6.26 Å². The second-order valence-corrected chi connectivity index (χ2v) is 8.17. The van der Waals surface area contributed by atoms with Gasteiger partial charge in [0.25, 0.3) is 0 Å². The van der Waals surface area contributed by atoms with E-state index in [1.165, 1.54) is 5.56 Å². The molecule has 5 heteroatoms. The molecule has 33 heavy (non-hydrogen) atoms. The molecule has 2 aromatic heterocycles. The van der Waals surface area contributed by atoms with E-state index in [0.29, 0.717) is 12.2 Å². The number of hydrogen-bond acceptors (Lipinski definition) is 5. The molecule has 0 amide bonds. The lowest BCUT2D eigenvalue weighted by Crippen LogP contribution is -2.17. The van der Waals surface area contributed by atoms with Crippen molar-refractivity contribution in [2.24, 2.45) is 0 Å². The summed E-state index contributed by atoms with van der Waals surface area (Å²) in [6.45, 7) is 2.50. The highest BCUT2D eigenvalue weighted by atomic mass is 16.6. The van der Waals surface area contributed by atoms with Crippen LogP contribution in [0.5, 0.6) is 5.75 Å². The van der Waals surface area contributed by atoms with E-state index < -0.39 is 0 Å². The Morgan fingerprint density at radius 3 is 2.70 bits per heavy atom. The van der Waals surface area contributed by atoms with E-state index in [1.807, 2.05) is 73.7 Å². The number of aryl methyl sites for hydroxylation is 1. The van der Waals surface area contributed by atoms with Gasteiger partial charge in [0.15, 0.2) is 0 Å². The number of furan rings is 1. The zero-order valence-electron chi connectivity index (χ0n) is 18.5. The molecule has 0 fully saturated rings. The van der Waals surface area contributed by atoms with Gasteiger partial charge in [-0.15, -0.1) is 0 Å². The van der Waals surface area contributed by atoms with Crippen molar-refractivity contribution in [3.8, 4) is 5.75 Å². The molecule has 2 aromatic carbocycles. The molecule has 0 spiro atoms. The van der Waals surface area contributed by atoms with Crippen molar-refractivity contribution < 1.29 is 18.7 Å². The number of para-hydroxylation sites is 1. The highest BCUT2D eigenvalue weighted by molar-refractivity contribution is 6.06. The maximum atomic E-state index is 13.3. The van der Waals surface area contributed by atoms with Gasteiger partial charge in [0.1, 0.15) is 24.7 Å². The molecule has 0 radical (unpaired) electrons. The number of hydrogen-bond donors (Lipinski definition) is 0. The van der Waals surface area contributed by atoms with Gasteiger partial charge in [0, 0.05) is 5.39 Å². The second kappa shape index (κ2) is 9.33. The number of ether oxygens (including phenoxy) is 2. The number of allylic oxidation sites excluding steroid dienone is 1. The van der Waals surface area contributed by atoms with E-state index in [2.05, 4.69) is 0 Å². The first-order chi connectivity index (χ1) is 16.2. The van der Waals surface area contributed by atoms with Crippen molar-refractivity contribution in [2.75, 3.05) is 13.2 Å². The Hall–Kier alpha value is -3.86. The highest BCUT2D eigenvalue weighted by Crippen LogP contribution is 2.36. The van der Waals surface area contributed by atoms with E-state index in [9.17, 15) is 4.79 Å². The molecule has 1 aliphatic rings. The lowest BCUT2D eigenvalue weighted by atomic mass is 9.86. The van der Waals surface area contributed by atoms with E-state index in [4.69, 9.17) is 18.9 Å². The Labute approximate surface area is 192 Å². The smallest absolute Gasteiger partial charge is 0.339 e. The van der Waals surface area contributed by atoms with Crippen molar-refractivity contribution in [2.45, 2.75) is 26.2 Å². The van der Waals surface area contributed by atoms with Crippen molar-refractivity contribution in [3.63, 3.8) is 0 Å². The Morgan fingerprint density at radius 2 is 1.88 bits per heavy atom. The minimum absolute atomic E-state index is 0.174. The first-order valence-corrected chi connectivity index (χ1v) is 11.2. The van der Waals surface area contributed by atoms with Crippen LogP contribution in [0.25, 0.3) is 22.6 Å². The zero-order valence-corrected chi connectivity index (χ0v) is 18.5. The molecule has 166 valence electrons. The molecule has 0 atom stereocenters. The Bertz CT molecular complexity index is 1300. The molecule has 2 heterocycles. The van der Waals surface area contributed by atoms with Gasteiger partial charge in [-0.1, -0.05) is 35.9 Å². The fourth-order valence-electron chi connectivity index (χ4n) is 4.25. The highest BCUT2D eigenvalue weighted by Gasteiger charge is 2.26. The first kappa shape index (κ1) is 21.0. The normalized spacial score (nSPS) is 14.3. The molecular formula is C28H25NO4. The van der Waals surface area contributed by atoms with Crippen LogP contribution in [0.2, 0.25) is 0 Å². The summed E-state index contributed by atoms with van der Waals surface area (Å²) in [7, 11) is 0. The quantitative estimate of drug-likeness (QED) is 0.263. The maximum absolute atomic E-state index is 13.3. The number of fused-ring (bicyclic) bond motifs is 2. The van der Waals surface area contributed by atoms with Crippen LogP contribution >= 0.6 is 0 Å². The molecular weight excluding hydrogens is 414 g/mol. The lowest BCUT2D eigenvalue weighted by Gasteiger charge is -2.22. The molecule has 4 aromatic rings. The van der Waals surface area contributed by atoms with Crippen LogP contribution in [0.15, 0.2) is 71.3 Å². The monoisotopic (exact) mass is 439 g/mol. The van der Waals surface area contributed by atoms with Crippen LogP contribution in [-0.2, 0) is 11.2 Å². The van der Waals surface area contributed by atoms with Gasteiger partial charge in [-0.2, -0.15) is 0 Å². The number of nitrogens with zero attached hydrogens (tertiary/aromatic N) is 1. The number of pyridine rings is 1. The molecule has 5 nitrogen and oxygen atoms in total. The maximum Gasteiger partial charge on any atom is 0.339 e. The first-order valence-electron chi connectivity index (χ1n) is 11.2. The summed E-state index contributed by atoms with van der Waals surface area (Å²) in [4.78, 5) is 18.2. The lowest BCUT2D eigenvalue weighted by molar-refractivity contribution is 0.0451. The van der Waals surface area contributed by atoms with Crippen molar-refractivity contribution in [1.29, 1.82) is 0 Å². The van der Waals surface area contributed by atoms with Crippen molar-refractivity contribution in [3.05, 3.63) is 95.1 Å². The van der Waals surface area contributed by atoms with Gasteiger partial charge in [0.05, 0.1) is 23.0 Å². The van der Waals surface area contributed by atoms with Gasteiger partial charge in [-0.05, 0) is 73.7 Å². The Kier molecular flexibility index (Phi) is 5.94. The topological polar surface area (TPSA) is 61.6 Å². The average Bonchev–Trinajstić information content (AvgIpc) is 3.35. The summed E-state index contributed by atoms with van der Waals surface area (Å²) < 4.78 is 16.9. The minimum Gasteiger partial charge on any atom is -0.490 e. The van der Waals surface area contributed by atoms with Gasteiger partial charge in [-0.25, -0.2) is 9.78 Å². The number of benzene rings is 2. The summed E-state index contributed by atoms with van der Waals surface area (Å²) in [5, 5.41) is 0.819. The van der Waals surface area contributed by atoms with E-state index >= 15 is 0 Å². The predicted molar refractivity (Wildman–Crippen MR) is 128 cm³/mol. The Balaban J connectivity index is 1.42. The third-order valence-electron chi connectivity index (χ3n) is 5.84. The number of rotatable bonds is 6. The zero-order chi connectivity index (χ0) is 22.6. The van der Waals surface area contributed by atoms with Crippen LogP contribution in [0.4, 0.5) is 0 Å². The SMILES string of the molecule is Cc1ccc(OCCOC(=O)c2c3c(nc4ccccc24)C(=Cc2ccco2)CCC3)cc1. The molecule has 0 saturated heterocycles. The standard InChI is InChI=1S/C28H25NO4/c1-19-11-13-21(14-12-19)32-16-17-33-28(30)26-23-8-2-3-10-25(23)29-27-20(6-4-9-24(26)27)18-22-7-5-15-31-22/h2-3,5,7-8,10-15,18H,4,6,9,16-17H2,1H3. The molecule has 5 rings (SSSR count). The number of carbonyl (C=O) groups excluding carboxylic acids is 1. The summed E-state index contributed by atoms with van der Waals surface area (Å²) in [5.74, 6) is 1.21. The molecule has 1 aliphatic carbocycles. The van der Waals surface area contributed by atoms with Gasteiger partial charge < -0.3 is 13.9 Å². The van der Waals surface area contributed by atoms with Gasteiger partial charge in [0.2, 0.25) is 0 Å². The molecule has 0 N–H and O–H groups in total. The number of aromatic nitrogens is 1. The van der Waals surface area contributed by atoms with Crippen LogP contribution < -0.4 is 4.74 Å². The fraction of sp³-hybridized carbons (Fsp3) is 0.214. The molecule has 0 saturated carbocycles. The third kappa shape index (κ3) is 4.53. The average molecular weight is 440 g/mol. The van der Waals surface area contributed by atoms with Crippen molar-refractivity contribution >= 4 is 28.5 Å². The summed E-state index contributed by atoms with van der Waals surface area (Å²) in [6.07, 6.45) is 6.29. The summed E-state index contributed by atoms with van der Waals surface area (Å²) in [6, 6.07) is 19.3. The fourth-order valence-corrected chi connectivity index (χ4v) is 4.25. The van der Waals surface area contributed by atoms with Crippen LogP contribution in [0, 0.1) is 6.92 Å². The third-order valence-corrected chi connectivity index (χ3v) is 5.84. The van der Waals surface area contributed by atoms with Crippen molar-refractivity contribution in [1.82, 2.24) is 4.98 Å². The largest absolute Gasteiger partial charge is 0.490 e. The number of carbonyl (C=O) groups is 1. The molecule has 0 unspecified atom stereocenters. The van der Waals surface area contributed by atoms with Gasteiger partial charge >= 0.3 is 5.97 Å². The van der Waals surface area contributed by atoms with Crippen LogP contribution in [0.1, 0.15) is 45.8 Å². The Morgan fingerprint density at radius 1 is 1.03 bits per heavy atom. The molecule has 0 aliphatic heterocycles. The minimum atomic E-state index is -0.336. The van der Waals surface area contributed by atoms with Gasteiger partial charge in [-0.3, -0.25) is 0 Å². The summed E-state index contributed by atoms with van der Waals surface area (Å²) in [5.41, 5.74) is 5.45.